The molecule has 1 aromatic carbocycles. The van der Waals surface area contributed by atoms with Crippen LogP contribution in [-0.4, -0.2) is 39.7 Å². The van der Waals surface area contributed by atoms with Crippen LogP contribution in [0.1, 0.15) is 30.4 Å². The molecule has 0 aliphatic rings. The molecule has 0 spiro atoms. The molecule has 1 aromatic heterocycles. The Hall–Kier alpha value is -3.24. The topological polar surface area (TPSA) is 128 Å². The van der Waals surface area contributed by atoms with E-state index in [1.807, 2.05) is 0 Å². The van der Waals surface area contributed by atoms with E-state index in [0.717, 1.165) is 0 Å². The second kappa shape index (κ2) is 8.63. The molecule has 8 nitrogen and oxygen atoms in total. The Morgan fingerprint density at radius 3 is 2.50 bits per heavy atom. The number of nitrogens with two attached hydrogens (primary N) is 1. The predicted octanol–water partition coefficient (Wildman–Crippen LogP) is 1.67. The maximum absolute atomic E-state index is 13.1. The summed E-state index contributed by atoms with van der Waals surface area (Å²) in [5.74, 6) is -8.26. The number of amides is 2. The molecule has 1 atom stereocenters. The van der Waals surface area contributed by atoms with E-state index in [1.54, 1.807) is 6.92 Å². The molecule has 0 aliphatic heterocycles. The van der Waals surface area contributed by atoms with Crippen LogP contribution in [0.2, 0.25) is 0 Å². The zero-order valence-electron chi connectivity index (χ0n) is 14.6. The Bertz CT molecular complexity index is 868. The number of nitrogens with one attached hydrogen (secondary N) is 1. The van der Waals surface area contributed by atoms with Gasteiger partial charge in [0.1, 0.15) is 5.82 Å². The highest BCUT2D eigenvalue weighted by molar-refractivity contribution is 6.00. The third-order valence-electron chi connectivity index (χ3n) is 3.68. The molecule has 2 aromatic rings. The number of hydrogen-bond donors (Lipinski definition) is 2. The fraction of sp³-hybridized carbons (Fsp3) is 0.294. The van der Waals surface area contributed by atoms with Crippen molar-refractivity contribution in [3.05, 3.63) is 42.3 Å². The summed E-state index contributed by atoms with van der Waals surface area (Å²) in [7, 11) is 0. The van der Waals surface area contributed by atoms with Crippen molar-refractivity contribution >= 4 is 17.6 Å². The van der Waals surface area contributed by atoms with Gasteiger partial charge >= 0.3 is 5.92 Å². The molecule has 0 unspecified atom stereocenters. The molecular formula is C17H16F3N4O4. The van der Waals surface area contributed by atoms with Crippen molar-refractivity contribution in [2.24, 2.45) is 5.73 Å². The number of ketones is 1. The third-order valence-corrected chi connectivity index (χ3v) is 3.68. The van der Waals surface area contributed by atoms with Crippen molar-refractivity contribution in [1.29, 1.82) is 0 Å². The molecule has 11 heteroatoms. The Morgan fingerprint density at radius 2 is 1.93 bits per heavy atom. The minimum absolute atomic E-state index is 0.0304. The number of carbonyl (C=O) groups is 3. The molecule has 0 saturated carbocycles. The lowest BCUT2D eigenvalue weighted by Crippen LogP contribution is -2.42. The van der Waals surface area contributed by atoms with Gasteiger partial charge in [0, 0.05) is 12.0 Å². The molecule has 149 valence electrons. The van der Waals surface area contributed by atoms with Crippen molar-refractivity contribution in [1.82, 2.24) is 15.5 Å². The lowest BCUT2D eigenvalue weighted by atomic mass is 10.1. The second-order valence-corrected chi connectivity index (χ2v) is 5.74. The summed E-state index contributed by atoms with van der Waals surface area (Å²) in [6.45, 7) is 1.57. The number of alkyl halides is 2. The van der Waals surface area contributed by atoms with Crippen LogP contribution in [0.3, 0.4) is 0 Å². The summed E-state index contributed by atoms with van der Waals surface area (Å²) in [6.07, 6.45) is -0.554. The zero-order chi connectivity index (χ0) is 20.9. The fourth-order valence-electron chi connectivity index (χ4n) is 2.09. The average Bonchev–Trinajstić information content (AvgIpc) is 3.14. The van der Waals surface area contributed by atoms with E-state index < -0.39 is 41.8 Å². The molecule has 1 heterocycles. The maximum atomic E-state index is 13.1. The average molecular weight is 397 g/mol. The van der Waals surface area contributed by atoms with Gasteiger partial charge in [-0.15, -0.1) is 0 Å². The maximum Gasteiger partial charge on any atom is 0.325 e. The smallest absolute Gasteiger partial charge is 0.325 e. The van der Waals surface area contributed by atoms with Gasteiger partial charge in [-0.3, -0.25) is 14.4 Å². The van der Waals surface area contributed by atoms with Gasteiger partial charge in [0.15, 0.2) is 0 Å². The van der Waals surface area contributed by atoms with Crippen LogP contribution in [0.15, 0.2) is 28.8 Å². The first kappa shape index (κ1) is 21.1. The Balaban J connectivity index is 2.02. The number of aromatic nitrogens is 2. The predicted molar refractivity (Wildman–Crippen MR) is 89.3 cm³/mol. The quantitative estimate of drug-likeness (QED) is 0.620. The number of nitrogens with zero attached hydrogens (tertiary/aromatic N) is 2. The lowest BCUT2D eigenvalue weighted by molar-refractivity contribution is -0.142. The molecule has 0 bridgehead atoms. The van der Waals surface area contributed by atoms with E-state index in [1.165, 1.54) is 24.3 Å². The van der Waals surface area contributed by atoms with Gasteiger partial charge in [-0.25, -0.2) is 4.39 Å². The standard InChI is InChI=1S/C17H16F3N4O4/c1-2-11(22-12(25)7-8-17(19,20)16(21)27)13(26)14-23-15(28-24-14)9-3-5-10(18)6-4-9/h3-7,11H,2,8H2,1H3,(H2,21,27)(H,22,25)/t11-/m1/s1. The van der Waals surface area contributed by atoms with Crippen LogP contribution in [0, 0.1) is 12.2 Å². The monoisotopic (exact) mass is 397 g/mol. The lowest BCUT2D eigenvalue weighted by Gasteiger charge is -2.15. The van der Waals surface area contributed by atoms with Gasteiger partial charge < -0.3 is 15.6 Å². The first-order valence-electron chi connectivity index (χ1n) is 8.09. The van der Waals surface area contributed by atoms with Crippen LogP contribution in [0.4, 0.5) is 13.2 Å². The van der Waals surface area contributed by atoms with Crippen molar-refractivity contribution in [3.8, 4) is 11.5 Å². The minimum atomic E-state index is -3.87. The number of halogens is 3. The highest BCUT2D eigenvalue weighted by Gasteiger charge is 2.37. The number of rotatable bonds is 9. The fourth-order valence-corrected chi connectivity index (χ4v) is 2.09. The number of Topliss-reactive ketones (excluding diaryl/α,β-unsaturated/α-hetero) is 1. The number of carbonyl (C=O) groups excluding carboxylic acids is 3. The molecule has 2 rings (SSSR count). The summed E-state index contributed by atoms with van der Waals surface area (Å²) < 4.78 is 44.2. The Morgan fingerprint density at radius 1 is 1.29 bits per heavy atom. The van der Waals surface area contributed by atoms with Crippen LogP contribution in [-0.2, 0) is 9.59 Å². The number of hydrogen-bond acceptors (Lipinski definition) is 6. The summed E-state index contributed by atoms with van der Waals surface area (Å²) >= 11 is 0. The van der Waals surface area contributed by atoms with Crippen LogP contribution in [0.5, 0.6) is 0 Å². The third kappa shape index (κ3) is 5.15. The van der Waals surface area contributed by atoms with Crippen molar-refractivity contribution in [3.63, 3.8) is 0 Å². The number of benzene rings is 1. The van der Waals surface area contributed by atoms with Gasteiger partial charge in [-0.1, -0.05) is 12.1 Å². The highest BCUT2D eigenvalue weighted by Crippen LogP contribution is 2.20. The minimum Gasteiger partial charge on any atom is -0.364 e. The summed E-state index contributed by atoms with van der Waals surface area (Å²) in [6, 6.07) is 4.00. The SMILES string of the molecule is CC[C@@H](NC(=O)[CH]CC(F)(F)C(N)=O)C(=O)c1noc(-c2ccc(F)cc2)n1. The normalized spacial score (nSPS) is 12.4. The molecule has 1 radical (unpaired) electrons. The van der Waals surface area contributed by atoms with E-state index in [0.29, 0.717) is 12.0 Å². The van der Waals surface area contributed by atoms with Crippen LogP contribution in [0.25, 0.3) is 11.5 Å². The summed E-state index contributed by atoms with van der Waals surface area (Å²) in [5.41, 5.74) is 4.91. The Labute approximate surface area is 157 Å². The zero-order valence-corrected chi connectivity index (χ0v) is 14.6. The van der Waals surface area contributed by atoms with E-state index in [-0.39, 0.29) is 18.1 Å². The van der Waals surface area contributed by atoms with E-state index in [9.17, 15) is 27.6 Å². The van der Waals surface area contributed by atoms with E-state index in [4.69, 9.17) is 4.52 Å². The molecular weight excluding hydrogens is 381 g/mol. The number of primary amides is 1. The first-order chi connectivity index (χ1) is 13.1. The molecule has 3 N–H and O–H groups in total. The van der Waals surface area contributed by atoms with Gasteiger partial charge in [0.2, 0.25) is 17.5 Å². The molecule has 0 saturated heterocycles. The van der Waals surface area contributed by atoms with Crippen molar-refractivity contribution in [2.45, 2.75) is 31.7 Å². The van der Waals surface area contributed by atoms with Gasteiger partial charge in [0.05, 0.1) is 12.5 Å². The summed E-state index contributed by atoms with van der Waals surface area (Å²) in [5, 5.41) is 5.76. The van der Waals surface area contributed by atoms with Crippen LogP contribution < -0.4 is 11.1 Å². The second-order valence-electron chi connectivity index (χ2n) is 5.74. The van der Waals surface area contributed by atoms with Gasteiger partial charge in [0.25, 0.3) is 11.8 Å². The molecule has 2 amide bonds. The van der Waals surface area contributed by atoms with Crippen LogP contribution >= 0.6 is 0 Å². The van der Waals surface area contributed by atoms with Crippen molar-refractivity contribution < 1.29 is 32.1 Å². The molecule has 0 fully saturated rings. The van der Waals surface area contributed by atoms with Gasteiger partial charge in [-0.05, 0) is 30.7 Å². The van der Waals surface area contributed by atoms with Crippen molar-refractivity contribution in [2.75, 3.05) is 0 Å². The van der Waals surface area contributed by atoms with E-state index >= 15 is 0 Å². The largest absolute Gasteiger partial charge is 0.364 e. The first-order valence-corrected chi connectivity index (χ1v) is 8.09. The highest BCUT2D eigenvalue weighted by atomic mass is 19.3. The van der Waals surface area contributed by atoms with E-state index in [2.05, 4.69) is 21.2 Å². The van der Waals surface area contributed by atoms with Gasteiger partial charge in [-0.2, -0.15) is 13.8 Å². The summed E-state index contributed by atoms with van der Waals surface area (Å²) in [4.78, 5) is 38.7. The Kier molecular flexibility index (Phi) is 6.49. The molecule has 0 aliphatic carbocycles. The molecule has 28 heavy (non-hydrogen) atoms.